The predicted octanol–water partition coefficient (Wildman–Crippen LogP) is 20.0. The number of rotatable bonds is 9. The third-order valence-corrected chi connectivity index (χ3v) is 15.8. The van der Waals surface area contributed by atoms with Gasteiger partial charge in [0, 0.05) is 33.8 Å². The number of para-hydroxylation sites is 5. The van der Waals surface area contributed by atoms with Crippen molar-refractivity contribution in [2.24, 2.45) is 0 Å². The molecule has 77 heavy (non-hydrogen) atoms. The molecule has 0 amide bonds. The van der Waals surface area contributed by atoms with Gasteiger partial charge in [-0.1, -0.05) is 206 Å². The van der Waals surface area contributed by atoms with Crippen molar-refractivity contribution in [1.29, 1.82) is 0 Å². The zero-order valence-corrected chi connectivity index (χ0v) is 42.0. The van der Waals surface area contributed by atoms with Gasteiger partial charge in [-0.2, -0.15) is 0 Å². The fraction of sp³-hybridized carbons (Fsp3) is 0.0137. The predicted molar refractivity (Wildman–Crippen MR) is 320 cm³/mol. The standard InChI is InChI=1S/C73H49N3O/c1-5-23-50(24-6-1)52-27-21-33-56(47-52)75(57-34-22-28-53(48-57)51-25-7-2-8-26-51)69-46-45-68(71-60-36-14-20-42-70(60)77-72(69)71)74(54-29-9-3-10-30-54)58-43-44-63-61(49-58)59-35-13-15-37-62(59)73(63)64-38-16-18-40-66(64)76(55-31-11-4-12-32-55)67-41-19-17-39-65(67)73/h1-49H. The molecular formula is C73H49N3O. The summed E-state index contributed by atoms with van der Waals surface area (Å²) in [5, 5.41) is 2.07. The SMILES string of the molecule is c1ccc(-c2cccc(N(c3cccc(-c4ccccc4)c3)c3ccc(N(c4ccccc4)c4ccc5c(c4)-c4ccccc4C54c5ccccc5N(c5ccccc5)c5ccccc54)c4c3oc3ccccc34)c2)cc1. The molecule has 15 rings (SSSR count). The monoisotopic (exact) mass is 983 g/mol. The van der Waals surface area contributed by atoms with E-state index in [0.717, 1.165) is 84.0 Å². The first-order valence-corrected chi connectivity index (χ1v) is 26.4. The van der Waals surface area contributed by atoms with Gasteiger partial charge in [0.15, 0.2) is 5.58 Å². The molecule has 12 aromatic carbocycles. The Kier molecular flexibility index (Phi) is 10.4. The summed E-state index contributed by atoms with van der Waals surface area (Å²) in [6.45, 7) is 0. The smallest absolute Gasteiger partial charge is 0.161 e. The van der Waals surface area contributed by atoms with Crippen molar-refractivity contribution in [3.05, 3.63) is 320 Å². The number of fused-ring (bicyclic) bond motifs is 12. The second-order valence-electron chi connectivity index (χ2n) is 20.0. The second kappa shape index (κ2) is 18.0. The Morgan fingerprint density at radius 1 is 0.312 bits per heavy atom. The number of nitrogens with zero attached hydrogens (tertiary/aromatic N) is 3. The number of anilines is 9. The van der Waals surface area contributed by atoms with Crippen LogP contribution in [0.1, 0.15) is 22.3 Å². The van der Waals surface area contributed by atoms with Crippen LogP contribution >= 0.6 is 0 Å². The van der Waals surface area contributed by atoms with E-state index in [2.05, 4.69) is 312 Å². The van der Waals surface area contributed by atoms with Gasteiger partial charge in [-0.25, -0.2) is 0 Å². The van der Waals surface area contributed by atoms with Gasteiger partial charge in [-0.15, -0.1) is 0 Å². The van der Waals surface area contributed by atoms with E-state index in [-0.39, 0.29) is 0 Å². The lowest BCUT2D eigenvalue weighted by Gasteiger charge is -2.45. The molecule has 0 bridgehead atoms. The van der Waals surface area contributed by atoms with Crippen LogP contribution in [0.25, 0.3) is 55.3 Å². The maximum Gasteiger partial charge on any atom is 0.161 e. The molecule has 4 heteroatoms. The van der Waals surface area contributed by atoms with E-state index < -0.39 is 5.41 Å². The van der Waals surface area contributed by atoms with Gasteiger partial charge in [0.25, 0.3) is 0 Å². The van der Waals surface area contributed by atoms with Crippen molar-refractivity contribution in [1.82, 2.24) is 0 Å². The Balaban J connectivity index is 0.957. The first-order valence-electron chi connectivity index (χ1n) is 26.4. The summed E-state index contributed by atoms with van der Waals surface area (Å²) in [6, 6.07) is 108. The molecule has 2 aliphatic rings. The minimum absolute atomic E-state index is 0.574. The molecule has 0 atom stereocenters. The molecule has 362 valence electrons. The molecule has 0 saturated heterocycles. The molecule has 0 radical (unpaired) electrons. The highest BCUT2D eigenvalue weighted by Crippen LogP contribution is 2.64. The van der Waals surface area contributed by atoms with Crippen molar-refractivity contribution in [3.63, 3.8) is 0 Å². The third-order valence-electron chi connectivity index (χ3n) is 15.8. The van der Waals surface area contributed by atoms with Crippen LogP contribution in [0.15, 0.2) is 302 Å². The van der Waals surface area contributed by atoms with Crippen molar-refractivity contribution in [3.8, 4) is 33.4 Å². The first kappa shape index (κ1) is 44.3. The minimum atomic E-state index is -0.574. The fourth-order valence-electron chi connectivity index (χ4n) is 12.6. The Morgan fingerprint density at radius 2 is 0.779 bits per heavy atom. The van der Waals surface area contributed by atoms with E-state index in [9.17, 15) is 0 Å². The van der Waals surface area contributed by atoms with E-state index in [0.29, 0.717) is 0 Å². The second-order valence-corrected chi connectivity index (χ2v) is 20.0. The van der Waals surface area contributed by atoms with Crippen LogP contribution in [0.3, 0.4) is 0 Å². The maximum absolute atomic E-state index is 7.23. The van der Waals surface area contributed by atoms with Gasteiger partial charge in [0.1, 0.15) is 5.58 Å². The maximum atomic E-state index is 7.23. The van der Waals surface area contributed by atoms with Crippen LogP contribution < -0.4 is 14.7 Å². The van der Waals surface area contributed by atoms with E-state index in [1.807, 2.05) is 0 Å². The van der Waals surface area contributed by atoms with Crippen molar-refractivity contribution >= 4 is 73.1 Å². The summed E-state index contributed by atoms with van der Waals surface area (Å²) in [6.07, 6.45) is 0. The summed E-state index contributed by atoms with van der Waals surface area (Å²) in [7, 11) is 0. The lowest BCUT2D eigenvalue weighted by molar-refractivity contribution is 0.669. The van der Waals surface area contributed by atoms with Crippen molar-refractivity contribution in [2.45, 2.75) is 5.41 Å². The molecule has 0 fully saturated rings. The normalized spacial score (nSPS) is 12.8. The Labute approximate surface area is 448 Å². The molecule has 13 aromatic rings. The van der Waals surface area contributed by atoms with Gasteiger partial charge in [0.2, 0.25) is 0 Å². The molecule has 2 heterocycles. The summed E-state index contributed by atoms with van der Waals surface area (Å²) in [5.41, 5.74) is 22.7. The average Bonchev–Trinajstić information content (AvgIpc) is 3.94. The van der Waals surface area contributed by atoms with Crippen LogP contribution in [-0.4, -0.2) is 0 Å². The van der Waals surface area contributed by atoms with Gasteiger partial charge < -0.3 is 19.1 Å². The first-order chi connectivity index (χ1) is 38.2. The molecule has 0 saturated carbocycles. The van der Waals surface area contributed by atoms with Gasteiger partial charge in [0.05, 0.1) is 33.6 Å². The van der Waals surface area contributed by atoms with Gasteiger partial charge >= 0.3 is 0 Å². The molecule has 1 aliphatic heterocycles. The Bertz CT molecular complexity index is 4230. The van der Waals surface area contributed by atoms with E-state index >= 15 is 0 Å². The number of hydrogen-bond acceptors (Lipinski definition) is 4. The van der Waals surface area contributed by atoms with Gasteiger partial charge in [-0.3, -0.25) is 0 Å². The summed E-state index contributed by atoms with van der Waals surface area (Å²) in [4.78, 5) is 7.23. The lowest BCUT2D eigenvalue weighted by Crippen LogP contribution is -2.36. The Hall–Kier alpha value is -10.2. The van der Waals surface area contributed by atoms with E-state index in [1.54, 1.807) is 0 Å². The van der Waals surface area contributed by atoms with Crippen LogP contribution in [0.2, 0.25) is 0 Å². The molecular weight excluding hydrogens is 935 g/mol. The highest BCUT2D eigenvalue weighted by atomic mass is 16.3. The molecule has 4 nitrogen and oxygen atoms in total. The minimum Gasteiger partial charge on any atom is -0.454 e. The highest BCUT2D eigenvalue weighted by Gasteiger charge is 2.51. The van der Waals surface area contributed by atoms with Crippen LogP contribution in [0, 0.1) is 0 Å². The summed E-state index contributed by atoms with van der Waals surface area (Å²) in [5.74, 6) is 0. The third kappa shape index (κ3) is 7.00. The number of benzene rings is 12. The quantitative estimate of drug-likeness (QED) is 0.144. The molecule has 0 unspecified atom stereocenters. The Morgan fingerprint density at radius 3 is 1.43 bits per heavy atom. The van der Waals surface area contributed by atoms with E-state index in [1.165, 1.54) is 44.8 Å². The molecule has 1 aliphatic carbocycles. The summed E-state index contributed by atoms with van der Waals surface area (Å²) < 4.78 is 7.23. The largest absolute Gasteiger partial charge is 0.454 e. The van der Waals surface area contributed by atoms with Crippen LogP contribution in [-0.2, 0) is 5.41 Å². The number of hydrogen-bond donors (Lipinski definition) is 0. The van der Waals surface area contributed by atoms with Gasteiger partial charge in [-0.05, 0) is 147 Å². The molecule has 1 aromatic heterocycles. The zero-order valence-electron chi connectivity index (χ0n) is 42.0. The number of furan rings is 1. The topological polar surface area (TPSA) is 22.9 Å². The van der Waals surface area contributed by atoms with Crippen molar-refractivity contribution in [2.75, 3.05) is 14.7 Å². The molecule has 1 spiro atoms. The van der Waals surface area contributed by atoms with E-state index in [4.69, 9.17) is 4.42 Å². The lowest BCUT2D eigenvalue weighted by atomic mass is 9.64. The highest BCUT2D eigenvalue weighted by molar-refractivity contribution is 6.18. The molecule has 0 N–H and O–H groups in total. The average molecular weight is 984 g/mol. The van der Waals surface area contributed by atoms with Crippen LogP contribution in [0.5, 0.6) is 0 Å². The zero-order chi connectivity index (χ0) is 50.9. The summed E-state index contributed by atoms with van der Waals surface area (Å²) >= 11 is 0. The fourth-order valence-corrected chi connectivity index (χ4v) is 12.6. The van der Waals surface area contributed by atoms with Crippen molar-refractivity contribution < 1.29 is 4.42 Å². The van der Waals surface area contributed by atoms with Crippen LogP contribution in [0.4, 0.5) is 51.2 Å².